The quantitative estimate of drug-likeness (QED) is 0.743. The van der Waals surface area contributed by atoms with Crippen LogP contribution >= 0.6 is 11.8 Å². The minimum Gasteiger partial charge on any atom is -0.383 e. The number of hydrogen-bond acceptors (Lipinski definition) is 3. The molecule has 1 fully saturated rings. The van der Waals surface area contributed by atoms with Crippen LogP contribution in [0, 0.1) is 6.92 Å². The lowest BCUT2D eigenvalue weighted by Crippen LogP contribution is -2.42. The molecular weight excluding hydrogens is 216 g/mol. The second kappa shape index (κ2) is 4.21. The molecular formula is C13H18N2S. The molecule has 0 bridgehead atoms. The van der Waals surface area contributed by atoms with E-state index in [9.17, 15) is 0 Å². The average molecular weight is 234 g/mol. The molecule has 1 N–H and O–H groups in total. The Morgan fingerprint density at radius 2 is 2.38 bits per heavy atom. The Morgan fingerprint density at radius 3 is 3.31 bits per heavy atom. The van der Waals surface area contributed by atoms with Gasteiger partial charge in [-0.15, -0.1) is 0 Å². The van der Waals surface area contributed by atoms with Gasteiger partial charge in [0.15, 0.2) is 0 Å². The van der Waals surface area contributed by atoms with E-state index in [0.29, 0.717) is 0 Å². The number of aryl methyl sites for hydroxylation is 1. The first-order chi connectivity index (χ1) is 7.84. The Hall–Kier alpha value is -0.830. The maximum atomic E-state index is 3.57. The van der Waals surface area contributed by atoms with Crippen LogP contribution in [-0.2, 0) is 0 Å². The van der Waals surface area contributed by atoms with Gasteiger partial charge in [-0.25, -0.2) is 0 Å². The molecule has 86 valence electrons. The first-order valence-corrected chi connectivity index (χ1v) is 7.19. The van der Waals surface area contributed by atoms with Crippen molar-refractivity contribution in [3.8, 4) is 0 Å². The van der Waals surface area contributed by atoms with Crippen LogP contribution in [-0.4, -0.2) is 30.6 Å². The summed E-state index contributed by atoms with van der Waals surface area (Å²) in [7, 11) is 0. The van der Waals surface area contributed by atoms with Crippen LogP contribution in [0.25, 0.3) is 0 Å². The van der Waals surface area contributed by atoms with E-state index in [-0.39, 0.29) is 0 Å². The molecule has 2 aliphatic rings. The predicted octanol–water partition coefficient (Wildman–Crippen LogP) is 2.73. The number of anilines is 2. The molecule has 1 unspecified atom stereocenters. The van der Waals surface area contributed by atoms with Crippen molar-refractivity contribution in [1.29, 1.82) is 0 Å². The summed E-state index contributed by atoms with van der Waals surface area (Å²) < 4.78 is 0. The molecule has 1 atom stereocenters. The van der Waals surface area contributed by atoms with E-state index in [1.807, 2.05) is 0 Å². The third-order valence-electron chi connectivity index (χ3n) is 3.48. The Labute approximate surface area is 101 Å². The van der Waals surface area contributed by atoms with E-state index in [2.05, 4.69) is 47.1 Å². The molecule has 0 spiro atoms. The summed E-state index contributed by atoms with van der Waals surface area (Å²) in [5.74, 6) is 2.55. The zero-order valence-electron chi connectivity index (χ0n) is 9.70. The average Bonchev–Trinajstić information content (AvgIpc) is 2.47. The number of nitrogens with zero attached hydrogens (tertiary/aromatic N) is 1. The van der Waals surface area contributed by atoms with Gasteiger partial charge in [-0.1, -0.05) is 6.07 Å². The highest BCUT2D eigenvalue weighted by Gasteiger charge is 2.26. The maximum absolute atomic E-state index is 3.57. The molecule has 0 aromatic heterocycles. The zero-order valence-corrected chi connectivity index (χ0v) is 10.5. The summed E-state index contributed by atoms with van der Waals surface area (Å²) in [5, 5.41) is 3.57. The van der Waals surface area contributed by atoms with Crippen molar-refractivity contribution < 1.29 is 0 Å². The number of rotatable bonds is 0. The smallest absolute Gasteiger partial charge is 0.0605 e. The molecule has 1 saturated heterocycles. The summed E-state index contributed by atoms with van der Waals surface area (Å²) in [6, 6.07) is 7.52. The van der Waals surface area contributed by atoms with Gasteiger partial charge < -0.3 is 10.2 Å². The summed E-state index contributed by atoms with van der Waals surface area (Å²) in [4.78, 5) is 2.60. The monoisotopic (exact) mass is 234 g/mol. The van der Waals surface area contributed by atoms with Gasteiger partial charge in [0.2, 0.25) is 0 Å². The number of thioether (sulfide) groups is 1. The van der Waals surface area contributed by atoms with Gasteiger partial charge in [-0.3, -0.25) is 0 Å². The van der Waals surface area contributed by atoms with Crippen LogP contribution < -0.4 is 10.2 Å². The molecule has 0 aliphatic carbocycles. The zero-order chi connectivity index (χ0) is 11.0. The Balaban J connectivity index is 2.00. The SMILES string of the molecule is Cc1ccc2c(c1)NCCC1CSCCN21. The fourth-order valence-corrected chi connectivity index (χ4v) is 3.74. The van der Waals surface area contributed by atoms with Gasteiger partial charge >= 0.3 is 0 Å². The van der Waals surface area contributed by atoms with Crippen molar-refractivity contribution >= 4 is 23.1 Å². The molecule has 2 aliphatic heterocycles. The molecule has 2 nitrogen and oxygen atoms in total. The highest BCUT2D eigenvalue weighted by molar-refractivity contribution is 7.99. The van der Waals surface area contributed by atoms with Crippen LogP contribution in [0.15, 0.2) is 18.2 Å². The minimum atomic E-state index is 0.732. The van der Waals surface area contributed by atoms with E-state index in [0.717, 1.165) is 12.6 Å². The number of benzene rings is 1. The van der Waals surface area contributed by atoms with Crippen LogP contribution in [0.1, 0.15) is 12.0 Å². The molecule has 16 heavy (non-hydrogen) atoms. The Kier molecular flexibility index (Phi) is 2.72. The van der Waals surface area contributed by atoms with Crippen molar-refractivity contribution in [2.45, 2.75) is 19.4 Å². The fraction of sp³-hybridized carbons (Fsp3) is 0.538. The van der Waals surface area contributed by atoms with Gasteiger partial charge in [0, 0.05) is 30.6 Å². The molecule has 0 amide bonds. The van der Waals surface area contributed by atoms with Crippen molar-refractivity contribution in [2.75, 3.05) is 34.8 Å². The Morgan fingerprint density at radius 1 is 1.44 bits per heavy atom. The van der Waals surface area contributed by atoms with E-state index < -0.39 is 0 Å². The number of fused-ring (bicyclic) bond motifs is 3. The molecule has 0 radical (unpaired) electrons. The summed E-state index contributed by atoms with van der Waals surface area (Å²) >= 11 is 2.10. The number of nitrogens with one attached hydrogen (secondary N) is 1. The van der Waals surface area contributed by atoms with Crippen molar-refractivity contribution in [2.24, 2.45) is 0 Å². The molecule has 1 aromatic rings. The second-order valence-electron chi connectivity index (χ2n) is 4.66. The van der Waals surface area contributed by atoms with Crippen molar-refractivity contribution in [3.05, 3.63) is 23.8 Å². The largest absolute Gasteiger partial charge is 0.383 e. The molecule has 3 heteroatoms. The lowest BCUT2D eigenvalue weighted by molar-refractivity contribution is 0.625. The normalized spacial score (nSPS) is 24.1. The van der Waals surface area contributed by atoms with Crippen molar-refractivity contribution in [3.63, 3.8) is 0 Å². The lowest BCUT2D eigenvalue weighted by Gasteiger charge is -2.36. The van der Waals surface area contributed by atoms with Gasteiger partial charge in [-0.2, -0.15) is 11.8 Å². The number of hydrogen-bond donors (Lipinski definition) is 1. The summed E-state index contributed by atoms with van der Waals surface area (Å²) in [6.45, 7) is 4.47. The summed E-state index contributed by atoms with van der Waals surface area (Å²) in [6.07, 6.45) is 1.26. The van der Waals surface area contributed by atoms with E-state index in [1.54, 1.807) is 0 Å². The first kappa shape index (κ1) is 10.3. The van der Waals surface area contributed by atoms with Crippen LogP contribution in [0.5, 0.6) is 0 Å². The Bertz CT molecular complexity index is 392. The fourth-order valence-electron chi connectivity index (χ4n) is 2.63. The maximum Gasteiger partial charge on any atom is 0.0605 e. The van der Waals surface area contributed by atoms with Crippen LogP contribution in [0.2, 0.25) is 0 Å². The highest BCUT2D eigenvalue weighted by atomic mass is 32.2. The predicted molar refractivity (Wildman–Crippen MR) is 72.7 cm³/mol. The highest BCUT2D eigenvalue weighted by Crippen LogP contribution is 2.34. The lowest BCUT2D eigenvalue weighted by atomic mass is 10.1. The van der Waals surface area contributed by atoms with Gasteiger partial charge in [0.25, 0.3) is 0 Å². The van der Waals surface area contributed by atoms with E-state index >= 15 is 0 Å². The first-order valence-electron chi connectivity index (χ1n) is 6.03. The second-order valence-corrected chi connectivity index (χ2v) is 5.81. The third kappa shape index (κ3) is 1.77. The summed E-state index contributed by atoms with van der Waals surface area (Å²) in [5.41, 5.74) is 4.08. The van der Waals surface area contributed by atoms with Crippen LogP contribution in [0.3, 0.4) is 0 Å². The van der Waals surface area contributed by atoms with E-state index in [1.165, 1.54) is 41.4 Å². The van der Waals surface area contributed by atoms with Gasteiger partial charge in [-0.05, 0) is 31.0 Å². The minimum absolute atomic E-state index is 0.732. The molecule has 3 rings (SSSR count). The van der Waals surface area contributed by atoms with Gasteiger partial charge in [0.1, 0.15) is 0 Å². The van der Waals surface area contributed by atoms with Crippen molar-refractivity contribution in [1.82, 2.24) is 0 Å². The topological polar surface area (TPSA) is 15.3 Å². The molecule has 2 heterocycles. The van der Waals surface area contributed by atoms with E-state index in [4.69, 9.17) is 0 Å². The molecule has 0 saturated carbocycles. The van der Waals surface area contributed by atoms with Gasteiger partial charge in [0.05, 0.1) is 11.4 Å². The molecule has 1 aromatic carbocycles. The van der Waals surface area contributed by atoms with Crippen LogP contribution in [0.4, 0.5) is 11.4 Å². The standard InChI is InChI=1S/C13H18N2S/c1-10-2-3-13-12(8-10)14-5-4-11-9-16-7-6-15(11)13/h2-3,8,11,14H,4-7,9H2,1H3. The third-order valence-corrected chi connectivity index (χ3v) is 4.57.